The zero-order valence-electron chi connectivity index (χ0n) is 29.9. The third-order valence-electron chi connectivity index (χ3n) is 9.98. The van der Waals surface area contributed by atoms with Crippen molar-refractivity contribution >= 4 is 61.0 Å². The molecule has 0 fully saturated rings. The molecule has 2 aromatic rings. The number of rotatable bonds is 14. The van der Waals surface area contributed by atoms with Gasteiger partial charge in [0.25, 0.3) is 20.2 Å². The van der Waals surface area contributed by atoms with E-state index in [1.165, 1.54) is 0 Å². The summed E-state index contributed by atoms with van der Waals surface area (Å²) in [6, 6.07) is 11.9. The molecule has 3 N–H and O–H groups in total. The van der Waals surface area contributed by atoms with Crippen molar-refractivity contribution in [2.45, 2.75) is 82.4 Å². The average molecular weight is 794 g/mol. The van der Waals surface area contributed by atoms with Crippen molar-refractivity contribution in [2.24, 2.45) is 0 Å². The Balaban J connectivity index is 1.49. The lowest BCUT2D eigenvalue weighted by Gasteiger charge is -2.27. The first-order chi connectivity index (χ1) is 24.3. The van der Waals surface area contributed by atoms with E-state index >= 15 is 0 Å². The van der Waals surface area contributed by atoms with Crippen molar-refractivity contribution in [3.05, 3.63) is 99.3 Å². The summed E-state index contributed by atoms with van der Waals surface area (Å²) >= 11 is 7.99. The van der Waals surface area contributed by atoms with Crippen LogP contribution in [-0.2, 0) is 40.4 Å². The van der Waals surface area contributed by atoms with Crippen LogP contribution in [0.25, 0.3) is 0 Å². The number of fused-ring (bicyclic) bond motifs is 2. The van der Waals surface area contributed by atoms with Crippen molar-refractivity contribution in [3.63, 3.8) is 0 Å². The van der Waals surface area contributed by atoms with E-state index in [0.717, 1.165) is 81.9 Å². The van der Waals surface area contributed by atoms with E-state index in [2.05, 4.69) is 70.8 Å². The summed E-state index contributed by atoms with van der Waals surface area (Å²) in [4.78, 5) is 2.84. The topological polar surface area (TPSA) is 154 Å². The number of hydrogen-bond donors (Lipinski definition) is 3. The second kappa shape index (κ2) is 15.9. The van der Waals surface area contributed by atoms with Gasteiger partial charge < -0.3 is 4.90 Å². The van der Waals surface area contributed by atoms with E-state index < -0.39 is 25.7 Å². The normalized spacial score (nSPS) is 20.1. The molecule has 3 aliphatic rings. The molecule has 0 radical (unpaired) electrons. The maximum Gasteiger partial charge on any atom is 0.265 e. The van der Waals surface area contributed by atoms with Crippen LogP contribution < -0.4 is 4.90 Å². The number of benzene rings is 2. The van der Waals surface area contributed by atoms with Crippen LogP contribution in [0.3, 0.4) is 0 Å². The minimum absolute atomic E-state index is 0.210. The highest BCUT2D eigenvalue weighted by Crippen LogP contribution is 2.48. The molecule has 0 atom stereocenters. The Labute approximate surface area is 315 Å². The molecular formula is C37H46ClN2O9S3+. The van der Waals surface area contributed by atoms with Gasteiger partial charge in [0.15, 0.2) is 5.71 Å². The first-order valence-electron chi connectivity index (χ1n) is 17.0. The van der Waals surface area contributed by atoms with Crippen molar-refractivity contribution < 1.29 is 45.1 Å². The Morgan fingerprint density at radius 2 is 1.63 bits per heavy atom. The number of halogens is 1. The minimum Gasteiger partial charge on any atom is -0.344 e. The Hall–Kier alpha value is -2.79. The second-order valence-electron chi connectivity index (χ2n) is 14.4. The van der Waals surface area contributed by atoms with Gasteiger partial charge in [0, 0.05) is 57.4 Å². The van der Waals surface area contributed by atoms with Crippen LogP contribution >= 0.6 is 23.6 Å². The molecule has 5 rings (SSSR count). The highest BCUT2D eigenvalue weighted by Gasteiger charge is 2.45. The molecule has 2 aromatic carbocycles. The van der Waals surface area contributed by atoms with E-state index in [4.69, 9.17) is 16.9 Å². The quantitative estimate of drug-likeness (QED) is 0.0558. The van der Waals surface area contributed by atoms with Crippen LogP contribution in [0.2, 0.25) is 0 Å². The molecule has 0 amide bonds. The van der Waals surface area contributed by atoms with E-state index in [1.807, 2.05) is 43.3 Å². The molecule has 282 valence electrons. The van der Waals surface area contributed by atoms with Crippen LogP contribution in [0.4, 0.5) is 11.4 Å². The van der Waals surface area contributed by atoms with Gasteiger partial charge >= 0.3 is 0 Å². The molecule has 2 heterocycles. The number of nitrogens with zero attached hydrogens (tertiary/aromatic N) is 2. The van der Waals surface area contributed by atoms with Crippen molar-refractivity contribution in [1.29, 1.82) is 0 Å². The smallest absolute Gasteiger partial charge is 0.265 e. The van der Waals surface area contributed by atoms with Gasteiger partial charge in [0.2, 0.25) is 5.69 Å². The van der Waals surface area contributed by atoms with Crippen molar-refractivity contribution in [3.8, 4) is 0 Å². The summed E-state index contributed by atoms with van der Waals surface area (Å²) in [6.45, 7) is 11.3. The third-order valence-corrected chi connectivity index (χ3v) is 12.7. The van der Waals surface area contributed by atoms with Crippen molar-refractivity contribution in [1.82, 2.24) is 0 Å². The molecule has 2 aliphatic heterocycles. The third kappa shape index (κ3) is 9.11. The lowest BCUT2D eigenvalue weighted by molar-refractivity contribution is -0.437. The highest BCUT2D eigenvalue weighted by atomic mass is 35.5. The molecule has 11 nitrogen and oxygen atoms in total. The fourth-order valence-electron chi connectivity index (χ4n) is 7.41. The maximum atomic E-state index is 11.6. The van der Waals surface area contributed by atoms with Gasteiger partial charge in [-0.1, -0.05) is 60.3 Å². The van der Waals surface area contributed by atoms with E-state index in [9.17, 15) is 25.9 Å². The molecular weight excluding hydrogens is 748 g/mol. The average Bonchev–Trinajstić information content (AvgIpc) is 3.39. The molecule has 1 aliphatic carbocycles. The van der Waals surface area contributed by atoms with Gasteiger partial charge in [-0.2, -0.15) is 21.4 Å². The lowest BCUT2D eigenvalue weighted by Crippen LogP contribution is -2.28. The van der Waals surface area contributed by atoms with Crippen LogP contribution in [0.15, 0.2) is 87.5 Å². The molecule has 0 saturated carbocycles. The summed E-state index contributed by atoms with van der Waals surface area (Å²) < 4.78 is 71.6. The summed E-state index contributed by atoms with van der Waals surface area (Å²) in [6.07, 6.45) is 11.1. The van der Waals surface area contributed by atoms with Gasteiger partial charge in [-0.05, 0) is 87.4 Å². The van der Waals surface area contributed by atoms with E-state index in [1.54, 1.807) is 0 Å². The maximum absolute atomic E-state index is 11.6. The molecule has 0 aromatic heterocycles. The first-order valence-corrected chi connectivity index (χ1v) is 21.4. The van der Waals surface area contributed by atoms with Gasteiger partial charge in [-0.25, -0.2) is 5.26 Å². The fraction of sp³-hybridized carbons (Fsp3) is 0.432. The number of hydrogen-bond acceptors (Lipinski definition) is 9. The number of aryl methyl sites for hydroxylation is 1. The Morgan fingerprint density at radius 1 is 0.923 bits per heavy atom. The second-order valence-corrected chi connectivity index (χ2v) is 18.7. The predicted octanol–water partition coefficient (Wildman–Crippen LogP) is 8.20. The van der Waals surface area contributed by atoms with Gasteiger partial charge in [-0.15, -0.1) is 4.33 Å². The lowest BCUT2D eigenvalue weighted by atomic mass is 9.81. The van der Waals surface area contributed by atoms with Crippen LogP contribution in [-0.4, -0.2) is 66.1 Å². The monoisotopic (exact) mass is 793 g/mol. The largest absolute Gasteiger partial charge is 0.344 e. The van der Waals surface area contributed by atoms with E-state index in [0.29, 0.717) is 23.0 Å². The minimum atomic E-state index is -4.13. The van der Waals surface area contributed by atoms with Gasteiger partial charge in [-0.3, -0.25) is 9.11 Å². The molecule has 15 heteroatoms. The molecule has 0 unspecified atom stereocenters. The standard InChI is InChI=1S/C37H45ClN2O9S3/c1-25-11-15-31-29(23-25)36(2,3)33(39(31)19-7-21-51(42,43)44)17-12-26-9-6-10-27(35(26)38)13-18-34-37(4,5)30-24-28(50-49-48-41)14-16-32(30)40(34)20-8-22-52(45,46)47/h11-18,23-24H,6-10,19-22H2,1-5H3,(H2-,41,42,43,44,45,46,47)/p+1. The zero-order valence-corrected chi connectivity index (χ0v) is 33.1. The Bertz CT molecular complexity index is 2100. The number of allylic oxidation sites excluding steroid dienone is 8. The van der Waals surface area contributed by atoms with Crippen molar-refractivity contribution in [2.75, 3.05) is 29.5 Å². The molecule has 0 spiro atoms. The Kier molecular flexibility index (Phi) is 12.4. The highest BCUT2D eigenvalue weighted by molar-refractivity contribution is 7.94. The summed E-state index contributed by atoms with van der Waals surface area (Å²) in [5, 5.41) is 13.1. The van der Waals surface area contributed by atoms with Gasteiger partial charge in [0.05, 0.1) is 29.0 Å². The SMILES string of the molecule is Cc1ccc2c(c1)C(C)(C)/C(=C/C=C1\CCCC(/C=C/C3=[N+](CCCS(=O)(=O)O)c4ccc(SOOO)cc4C3(C)C)=C1Cl)N2CCCS(=O)(=O)O. The van der Waals surface area contributed by atoms with Crippen LogP contribution in [0, 0.1) is 6.92 Å². The first kappa shape index (κ1) is 40.4. The number of anilines is 1. The fourth-order valence-corrected chi connectivity index (χ4v) is 9.11. The van der Waals surface area contributed by atoms with Gasteiger partial charge in [0.1, 0.15) is 6.54 Å². The van der Waals surface area contributed by atoms with Crippen LogP contribution in [0.5, 0.6) is 0 Å². The molecule has 0 bridgehead atoms. The predicted molar refractivity (Wildman–Crippen MR) is 206 cm³/mol. The summed E-state index contributed by atoms with van der Waals surface area (Å²) in [5.41, 5.74) is 8.18. The van der Waals surface area contributed by atoms with Crippen LogP contribution in [0.1, 0.15) is 76.5 Å². The Morgan fingerprint density at radius 3 is 2.33 bits per heavy atom. The zero-order chi connectivity index (χ0) is 38.1. The van der Waals surface area contributed by atoms with E-state index in [-0.39, 0.29) is 29.8 Å². The molecule has 0 saturated heterocycles. The summed E-state index contributed by atoms with van der Waals surface area (Å²) in [7, 11) is -8.22. The molecule has 52 heavy (non-hydrogen) atoms. The summed E-state index contributed by atoms with van der Waals surface area (Å²) in [5.74, 6) is -0.693.